The van der Waals surface area contributed by atoms with Crippen molar-refractivity contribution in [1.82, 2.24) is 5.32 Å². The summed E-state index contributed by atoms with van der Waals surface area (Å²) >= 11 is 1.17. The maximum absolute atomic E-state index is 12.1. The minimum Gasteiger partial charge on any atom is -0.353 e. The van der Waals surface area contributed by atoms with Crippen LogP contribution >= 0.6 is 11.3 Å². The smallest absolute Gasteiger partial charge is 0.271 e. The van der Waals surface area contributed by atoms with Crippen LogP contribution in [-0.2, 0) is 21.2 Å². The zero-order valence-electron chi connectivity index (χ0n) is 13.9. The molecule has 1 atom stereocenters. The Morgan fingerprint density at radius 1 is 1.12 bits per heavy atom. The number of hydrogen-bond donors (Lipinski definition) is 2. The Kier molecular flexibility index (Phi) is 6.01. The van der Waals surface area contributed by atoms with E-state index in [-0.39, 0.29) is 22.6 Å². The fraction of sp³-hybridized carbons (Fsp3) is 0.353. The van der Waals surface area contributed by atoms with E-state index in [1.165, 1.54) is 11.3 Å². The van der Waals surface area contributed by atoms with Crippen molar-refractivity contribution in [2.24, 2.45) is 5.92 Å². The van der Waals surface area contributed by atoms with Crippen LogP contribution in [0.1, 0.15) is 26.3 Å². The van der Waals surface area contributed by atoms with Crippen LogP contribution in [0, 0.1) is 5.92 Å². The van der Waals surface area contributed by atoms with Gasteiger partial charge in [-0.25, -0.2) is 8.42 Å². The highest BCUT2D eigenvalue weighted by atomic mass is 32.2. The number of carbonyl (C=O) groups is 1. The molecular formula is C17H22N2O3S2. The first-order valence-electron chi connectivity index (χ1n) is 7.72. The third-order valence-electron chi connectivity index (χ3n) is 3.72. The summed E-state index contributed by atoms with van der Waals surface area (Å²) in [5.74, 6) is 0.339. The number of benzene rings is 1. The van der Waals surface area contributed by atoms with Crippen LogP contribution in [-0.4, -0.2) is 20.4 Å². The van der Waals surface area contributed by atoms with E-state index in [0.717, 1.165) is 5.56 Å². The average molecular weight is 367 g/mol. The molecule has 1 amide bonds. The largest absolute Gasteiger partial charge is 0.353 e. The van der Waals surface area contributed by atoms with Gasteiger partial charge in [-0.2, -0.15) is 0 Å². The van der Waals surface area contributed by atoms with Gasteiger partial charge in [0.2, 0.25) is 5.91 Å². The second-order valence-electron chi connectivity index (χ2n) is 6.01. The van der Waals surface area contributed by atoms with Gasteiger partial charge in [-0.05, 0) is 42.0 Å². The summed E-state index contributed by atoms with van der Waals surface area (Å²) in [6.45, 7) is 6.09. The van der Waals surface area contributed by atoms with Gasteiger partial charge < -0.3 is 5.32 Å². The normalized spacial score (nSPS) is 12.8. The third kappa shape index (κ3) is 5.07. The molecule has 2 rings (SSSR count). The highest BCUT2D eigenvalue weighted by molar-refractivity contribution is 7.94. The monoisotopic (exact) mass is 366 g/mol. The first kappa shape index (κ1) is 18.5. The quantitative estimate of drug-likeness (QED) is 0.790. The molecule has 1 heterocycles. The molecule has 0 bridgehead atoms. The molecule has 24 heavy (non-hydrogen) atoms. The van der Waals surface area contributed by atoms with E-state index in [4.69, 9.17) is 0 Å². The highest BCUT2D eigenvalue weighted by Crippen LogP contribution is 2.20. The van der Waals surface area contributed by atoms with E-state index in [1.54, 1.807) is 41.8 Å². The molecule has 7 heteroatoms. The van der Waals surface area contributed by atoms with Gasteiger partial charge in [-0.15, -0.1) is 11.3 Å². The predicted octanol–water partition coefficient (Wildman–Crippen LogP) is 3.25. The standard InChI is InChI=1S/C17H22N2O3S2/c1-12(2)13(3)18-16(20)11-14-6-8-15(9-7-14)19-24(21,22)17-5-4-10-23-17/h4-10,12-13,19H,11H2,1-3H3,(H,18,20). The lowest BCUT2D eigenvalue weighted by atomic mass is 10.1. The first-order valence-corrected chi connectivity index (χ1v) is 10.1. The van der Waals surface area contributed by atoms with Crippen LogP contribution in [0.25, 0.3) is 0 Å². The van der Waals surface area contributed by atoms with E-state index in [1.807, 2.05) is 6.92 Å². The number of anilines is 1. The summed E-state index contributed by atoms with van der Waals surface area (Å²) in [4.78, 5) is 12.0. The van der Waals surface area contributed by atoms with Crippen molar-refractivity contribution in [3.8, 4) is 0 Å². The van der Waals surface area contributed by atoms with Crippen molar-refractivity contribution in [2.75, 3.05) is 4.72 Å². The molecule has 1 aromatic carbocycles. The summed E-state index contributed by atoms with van der Waals surface area (Å²) in [6, 6.07) is 10.2. The van der Waals surface area contributed by atoms with Gasteiger partial charge in [0, 0.05) is 11.7 Å². The number of hydrogen-bond acceptors (Lipinski definition) is 4. The summed E-state index contributed by atoms with van der Waals surface area (Å²) in [5, 5.41) is 4.67. The van der Waals surface area contributed by atoms with Gasteiger partial charge >= 0.3 is 0 Å². The molecule has 2 N–H and O–H groups in total. The molecule has 0 saturated heterocycles. The third-order valence-corrected chi connectivity index (χ3v) is 6.50. The van der Waals surface area contributed by atoms with Gasteiger partial charge in [-0.3, -0.25) is 9.52 Å². The van der Waals surface area contributed by atoms with Crippen LogP contribution in [0.5, 0.6) is 0 Å². The molecule has 5 nitrogen and oxygen atoms in total. The molecule has 130 valence electrons. The first-order chi connectivity index (χ1) is 11.3. The van der Waals surface area contributed by atoms with E-state index < -0.39 is 10.0 Å². The molecule has 0 aliphatic rings. The van der Waals surface area contributed by atoms with Crippen LogP contribution in [0.4, 0.5) is 5.69 Å². The predicted molar refractivity (Wildman–Crippen MR) is 97.7 cm³/mol. The molecule has 0 spiro atoms. The Hall–Kier alpha value is -1.86. The van der Waals surface area contributed by atoms with Crippen molar-refractivity contribution in [1.29, 1.82) is 0 Å². The molecule has 1 unspecified atom stereocenters. The molecule has 2 aromatic rings. The summed E-state index contributed by atoms with van der Waals surface area (Å²) < 4.78 is 27.1. The number of nitrogens with one attached hydrogen (secondary N) is 2. The summed E-state index contributed by atoms with van der Waals surface area (Å²) in [7, 11) is -3.54. The van der Waals surface area contributed by atoms with Crippen molar-refractivity contribution in [3.63, 3.8) is 0 Å². The summed E-state index contributed by atoms with van der Waals surface area (Å²) in [6.07, 6.45) is 0.273. The van der Waals surface area contributed by atoms with Crippen molar-refractivity contribution >= 4 is 33.0 Å². The summed E-state index contributed by atoms with van der Waals surface area (Å²) in [5.41, 5.74) is 1.31. The van der Waals surface area contributed by atoms with Gasteiger partial charge in [0.25, 0.3) is 10.0 Å². The fourth-order valence-electron chi connectivity index (χ4n) is 1.97. The number of sulfonamides is 1. The van der Waals surface area contributed by atoms with Crippen molar-refractivity contribution < 1.29 is 13.2 Å². The van der Waals surface area contributed by atoms with Crippen LogP contribution in [0.15, 0.2) is 46.0 Å². The lowest BCUT2D eigenvalue weighted by Gasteiger charge is -2.17. The van der Waals surface area contributed by atoms with Gasteiger partial charge in [0.05, 0.1) is 6.42 Å². The zero-order chi connectivity index (χ0) is 17.7. The van der Waals surface area contributed by atoms with Gasteiger partial charge in [0.15, 0.2) is 0 Å². The Morgan fingerprint density at radius 2 is 1.79 bits per heavy atom. The number of thiophene rings is 1. The zero-order valence-corrected chi connectivity index (χ0v) is 15.6. The van der Waals surface area contributed by atoms with Crippen LogP contribution in [0.2, 0.25) is 0 Å². The maximum Gasteiger partial charge on any atom is 0.271 e. The molecule has 0 radical (unpaired) electrons. The lowest BCUT2D eigenvalue weighted by Crippen LogP contribution is -2.37. The van der Waals surface area contributed by atoms with Gasteiger partial charge in [-0.1, -0.05) is 32.0 Å². The molecule has 0 fully saturated rings. The van der Waals surface area contributed by atoms with E-state index in [0.29, 0.717) is 11.6 Å². The average Bonchev–Trinajstić information content (AvgIpc) is 3.04. The second-order valence-corrected chi connectivity index (χ2v) is 8.87. The van der Waals surface area contributed by atoms with Gasteiger partial charge in [0.1, 0.15) is 4.21 Å². The van der Waals surface area contributed by atoms with E-state index in [9.17, 15) is 13.2 Å². The fourth-order valence-corrected chi connectivity index (χ4v) is 4.02. The lowest BCUT2D eigenvalue weighted by molar-refractivity contribution is -0.121. The molecule has 0 saturated carbocycles. The minimum absolute atomic E-state index is 0.0388. The number of amides is 1. The van der Waals surface area contributed by atoms with E-state index >= 15 is 0 Å². The Morgan fingerprint density at radius 3 is 2.33 bits per heavy atom. The van der Waals surface area contributed by atoms with Crippen molar-refractivity contribution in [3.05, 3.63) is 47.3 Å². The van der Waals surface area contributed by atoms with Crippen LogP contribution < -0.4 is 10.0 Å². The number of carbonyl (C=O) groups excluding carboxylic acids is 1. The van der Waals surface area contributed by atoms with E-state index in [2.05, 4.69) is 23.9 Å². The highest BCUT2D eigenvalue weighted by Gasteiger charge is 2.15. The Bertz CT molecular complexity index is 767. The molecule has 0 aliphatic heterocycles. The Balaban J connectivity index is 1.97. The van der Waals surface area contributed by atoms with Crippen LogP contribution in [0.3, 0.4) is 0 Å². The van der Waals surface area contributed by atoms with Crippen molar-refractivity contribution in [2.45, 2.75) is 37.4 Å². The molecule has 1 aromatic heterocycles. The Labute approximate surface area is 147 Å². The number of rotatable bonds is 7. The topological polar surface area (TPSA) is 75.3 Å². The minimum atomic E-state index is -3.54. The maximum atomic E-state index is 12.1. The SMILES string of the molecule is CC(C)C(C)NC(=O)Cc1ccc(NS(=O)(=O)c2cccs2)cc1. The molecule has 0 aliphatic carbocycles. The second kappa shape index (κ2) is 7.81. The molecular weight excluding hydrogens is 344 g/mol.